The largest absolute Gasteiger partial charge is 0.457 e. The van der Waals surface area contributed by atoms with E-state index < -0.39 is 0 Å². The summed E-state index contributed by atoms with van der Waals surface area (Å²) in [6.07, 6.45) is 1.79. The van der Waals surface area contributed by atoms with Crippen molar-refractivity contribution < 1.29 is 9.13 Å². The van der Waals surface area contributed by atoms with Crippen molar-refractivity contribution in [2.75, 3.05) is 0 Å². The van der Waals surface area contributed by atoms with E-state index in [2.05, 4.69) is 10.1 Å². The van der Waals surface area contributed by atoms with Gasteiger partial charge < -0.3 is 4.74 Å². The number of aromatic nitrogens is 3. The third kappa shape index (κ3) is 3.58. The van der Waals surface area contributed by atoms with E-state index in [4.69, 9.17) is 4.74 Å². The van der Waals surface area contributed by atoms with Gasteiger partial charge in [0.15, 0.2) is 5.82 Å². The topological polar surface area (TPSA) is 56.5 Å². The number of fused-ring (bicyclic) bond motifs is 1. The zero-order valence-corrected chi connectivity index (χ0v) is 16.3. The van der Waals surface area contributed by atoms with Crippen LogP contribution in [-0.2, 0) is 0 Å². The molecule has 0 aliphatic carbocycles. The number of nitrogens with zero attached hydrogens (tertiary/aromatic N) is 3. The van der Waals surface area contributed by atoms with Gasteiger partial charge in [-0.05, 0) is 60.2 Å². The number of benzene rings is 3. The fourth-order valence-corrected chi connectivity index (χ4v) is 3.91. The molecule has 0 spiro atoms. The Labute approximate surface area is 174 Å². The minimum Gasteiger partial charge on any atom is -0.457 e. The molecule has 0 aliphatic rings. The Morgan fingerprint density at radius 3 is 2.47 bits per heavy atom. The van der Waals surface area contributed by atoms with Gasteiger partial charge in [-0.1, -0.05) is 41.7 Å². The molecule has 0 N–H and O–H groups in total. The van der Waals surface area contributed by atoms with Gasteiger partial charge in [0.05, 0.1) is 4.53 Å². The number of halogens is 1. The summed E-state index contributed by atoms with van der Waals surface area (Å²) in [5.74, 6) is 1.48. The van der Waals surface area contributed by atoms with E-state index >= 15 is 0 Å². The zero-order chi connectivity index (χ0) is 20.5. The number of para-hydroxylation sites is 1. The average molecular weight is 415 g/mol. The predicted octanol–water partition coefficient (Wildman–Crippen LogP) is 4.30. The van der Waals surface area contributed by atoms with Gasteiger partial charge in [-0.25, -0.2) is 4.39 Å². The van der Waals surface area contributed by atoms with Crippen LogP contribution in [0.25, 0.3) is 22.4 Å². The molecule has 0 radical (unpaired) electrons. The summed E-state index contributed by atoms with van der Waals surface area (Å²) >= 11 is 1.25. The lowest BCUT2D eigenvalue weighted by molar-refractivity contribution is 0.482. The smallest absolute Gasteiger partial charge is 0.291 e. The van der Waals surface area contributed by atoms with E-state index in [0.717, 1.165) is 11.3 Å². The Morgan fingerprint density at radius 2 is 1.70 bits per heavy atom. The first-order valence-corrected chi connectivity index (χ1v) is 9.97. The molecule has 5 nitrogen and oxygen atoms in total. The highest BCUT2D eigenvalue weighted by Gasteiger charge is 2.12. The average Bonchev–Trinajstić information content (AvgIpc) is 3.29. The Bertz CT molecular complexity index is 1440. The molecule has 5 rings (SSSR count). The van der Waals surface area contributed by atoms with Crippen LogP contribution in [0.4, 0.5) is 4.39 Å². The molecule has 0 atom stereocenters. The van der Waals surface area contributed by atoms with Gasteiger partial charge >= 0.3 is 0 Å². The SMILES string of the molecule is O=c1/c(=C\c2cccc(Oc3ccccc3)c2)sc2nc(-c3ccc(F)cc3)nn12. The number of rotatable bonds is 4. The Morgan fingerprint density at radius 1 is 0.933 bits per heavy atom. The molecule has 0 aliphatic heterocycles. The fraction of sp³-hybridized carbons (Fsp3) is 0. The van der Waals surface area contributed by atoms with Crippen molar-refractivity contribution in [3.05, 3.63) is 105 Å². The second kappa shape index (κ2) is 7.53. The van der Waals surface area contributed by atoms with Crippen LogP contribution in [0.2, 0.25) is 0 Å². The first-order chi connectivity index (χ1) is 14.7. The van der Waals surface area contributed by atoms with E-state index in [1.165, 1.54) is 28.0 Å². The molecule has 0 fully saturated rings. The number of hydrogen-bond donors (Lipinski definition) is 0. The minimum absolute atomic E-state index is 0.245. The van der Waals surface area contributed by atoms with Crippen LogP contribution in [0, 0.1) is 5.82 Å². The van der Waals surface area contributed by atoms with Crippen molar-refractivity contribution in [2.45, 2.75) is 0 Å². The summed E-state index contributed by atoms with van der Waals surface area (Å²) in [6, 6.07) is 22.9. The summed E-state index contributed by atoms with van der Waals surface area (Å²) < 4.78 is 20.8. The lowest BCUT2D eigenvalue weighted by Gasteiger charge is -2.05. The summed E-state index contributed by atoms with van der Waals surface area (Å²) in [4.78, 5) is 17.7. The molecule has 3 aromatic carbocycles. The van der Waals surface area contributed by atoms with Crippen LogP contribution in [-0.4, -0.2) is 14.6 Å². The molecule has 0 saturated carbocycles. The third-order valence-corrected chi connectivity index (χ3v) is 5.38. The molecule has 146 valence electrons. The molecule has 30 heavy (non-hydrogen) atoms. The van der Waals surface area contributed by atoms with Gasteiger partial charge in [-0.3, -0.25) is 4.79 Å². The summed E-state index contributed by atoms with van der Waals surface area (Å²) in [5, 5.41) is 4.28. The molecule has 2 aromatic heterocycles. The van der Waals surface area contributed by atoms with Crippen LogP contribution in [0.15, 0.2) is 83.7 Å². The van der Waals surface area contributed by atoms with E-state index in [1.807, 2.05) is 54.6 Å². The first kappa shape index (κ1) is 18.2. The molecule has 0 bridgehead atoms. The molecular weight excluding hydrogens is 401 g/mol. The van der Waals surface area contributed by atoms with Gasteiger partial charge in [-0.2, -0.15) is 9.50 Å². The van der Waals surface area contributed by atoms with E-state index in [0.29, 0.717) is 26.6 Å². The molecule has 5 aromatic rings. The lowest BCUT2D eigenvalue weighted by Crippen LogP contribution is -2.23. The highest BCUT2D eigenvalue weighted by Crippen LogP contribution is 2.22. The summed E-state index contributed by atoms with van der Waals surface area (Å²) in [7, 11) is 0. The molecular formula is C23H14FN3O2S. The molecule has 0 saturated heterocycles. The van der Waals surface area contributed by atoms with Gasteiger partial charge in [0.1, 0.15) is 17.3 Å². The normalized spacial score (nSPS) is 11.8. The highest BCUT2D eigenvalue weighted by molar-refractivity contribution is 7.15. The van der Waals surface area contributed by atoms with Crippen molar-refractivity contribution in [2.24, 2.45) is 0 Å². The second-order valence-electron chi connectivity index (χ2n) is 6.54. The maximum Gasteiger partial charge on any atom is 0.291 e. The molecule has 0 amide bonds. The second-order valence-corrected chi connectivity index (χ2v) is 7.55. The van der Waals surface area contributed by atoms with Gasteiger partial charge in [0.2, 0.25) is 4.96 Å². The van der Waals surface area contributed by atoms with E-state index in [-0.39, 0.29) is 11.4 Å². The highest BCUT2D eigenvalue weighted by atomic mass is 32.1. The van der Waals surface area contributed by atoms with Crippen LogP contribution in [0.5, 0.6) is 11.5 Å². The standard InChI is InChI=1S/C23H14FN3O2S/c24-17-11-9-16(10-12-17)21-25-23-27(26-21)22(28)20(30-23)14-15-5-4-8-19(13-15)29-18-6-2-1-3-7-18/h1-14H/b20-14+. The first-order valence-electron chi connectivity index (χ1n) is 9.16. The molecule has 2 heterocycles. The number of ether oxygens (including phenoxy) is 1. The van der Waals surface area contributed by atoms with Gasteiger partial charge in [0.25, 0.3) is 5.56 Å². The van der Waals surface area contributed by atoms with E-state index in [1.54, 1.807) is 18.2 Å². The van der Waals surface area contributed by atoms with Crippen molar-refractivity contribution in [3.8, 4) is 22.9 Å². The molecule has 0 unspecified atom stereocenters. The Hall–Kier alpha value is -3.84. The number of thiazole rings is 1. The molecule has 7 heteroatoms. The van der Waals surface area contributed by atoms with Crippen molar-refractivity contribution in [3.63, 3.8) is 0 Å². The van der Waals surface area contributed by atoms with Crippen LogP contribution >= 0.6 is 11.3 Å². The van der Waals surface area contributed by atoms with Crippen LogP contribution in [0.3, 0.4) is 0 Å². The quantitative estimate of drug-likeness (QED) is 0.439. The van der Waals surface area contributed by atoms with Crippen molar-refractivity contribution in [1.29, 1.82) is 0 Å². The third-order valence-electron chi connectivity index (χ3n) is 4.42. The van der Waals surface area contributed by atoms with E-state index in [9.17, 15) is 9.18 Å². The lowest BCUT2D eigenvalue weighted by atomic mass is 10.2. The van der Waals surface area contributed by atoms with Crippen molar-refractivity contribution >= 4 is 22.4 Å². The Kier molecular flexibility index (Phi) is 4.57. The van der Waals surface area contributed by atoms with Gasteiger partial charge in [-0.15, -0.1) is 5.10 Å². The summed E-state index contributed by atoms with van der Waals surface area (Å²) in [6.45, 7) is 0. The monoisotopic (exact) mass is 415 g/mol. The fourth-order valence-electron chi connectivity index (χ4n) is 3.00. The summed E-state index contributed by atoms with van der Waals surface area (Å²) in [5.41, 5.74) is 1.25. The zero-order valence-electron chi connectivity index (χ0n) is 15.5. The number of hydrogen-bond acceptors (Lipinski definition) is 5. The van der Waals surface area contributed by atoms with Crippen LogP contribution < -0.4 is 14.8 Å². The Balaban J connectivity index is 1.48. The maximum atomic E-state index is 13.1. The minimum atomic E-state index is -0.334. The maximum absolute atomic E-state index is 13.1. The predicted molar refractivity (Wildman–Crippen MR) is 114 cm³/mol. The van der Waals surface area contributed by atoms with Gasteiger partial charge in [0, 0.05) is 5.56 Å². The van der Waals surface area contributed by atoms with Crippen molar-refractivity contribution in [1.82, 2.24) is 14.6 Å². The van der Waals surface area contributed by atoms with Crippen LogP contribution in [0.1, 0.15) is 5.56 Å².